The van der Waals surface area contributed by atoms with Crippen LogP contribution in [-0.4, -0.2) is 25.5 Å². The summed E-state index contributed by atoms with van der Waals surface area (Å²) in [5, 5.41) is 59.8. The molecule has 0 aliphatic rings. The molecule has 0 amide bonds. The quantitative estimate of drug-likeness (QED) is 0.0834. The van der Waals surface area contributed by atoms with Gasteiger partial charge in [-0.2, -0.15) is 0 Å². The van der Waals surface area contributed by atoms with Crippen LogP contribution < -0.4 is 0 Å². The van der Waals surface area contributed by atoms with E-state index in [1.165, 1.54) is 0 Å². The van der Waals surface area contributed by atoms with E-state index in [0.29, 0.717) is 16.3 Å². The summed E-state index contributed by atoms with van der Waals surface area (Å²) < 4.78 is 6.36. The Morgan fingerprint density at radius 1 is 0.357 bits per heavy atom. The number of phenols is 5. The number of benzene rings is 7. The normalized spacial score (nSPS) is 11.8. The lowest BCUT2D eigenvalue weighted by atomic mass is 9.85. The molecule has 0 fully saturated rings. The molecule has 6 heteroatoms. The van der Waals surface area contributed by atoms with Crippen LogP contribution >= 0.6 is 0 Å². The van der Waals surface area contributed by atoms with Crippen molar-refractivity contribution < 1.29 is 29.9 Å². The summed E-state index contributed by atoms with van der Waals surface area (Å²) in [5.41, 5.74) is 3.62. The second-order valence-electron chi connectivity index (χ2n) is 10.5. The fourth-order valence-electron chi connectivity index (χ4n) is 6.25. The van der Waals surface area contributed by atoms with E-state index in [1.807, 2.05) is 66.7 Å². The van der Waals surface area contributed by atoms with E-state index < -0.39 is 28.7 Å². The number of hydrogen-bond acceptors (Lipinski definition) is 6. The SMILES string of the molecule is Oc1c(O)c(O)c(-c2c3ccccc3c(-c3ccc4c(c3)oc3cc5ccccc5cc34)c3ccccc23)c(O)c1O. The minimum atomic E-state index is -0.994. The van der Waals surface area contributed by atoms with Gasteiger partial charge < -0.3 is 29.9 Å². The van der Waals surface area contributed by atoms with Gasteiger partial charge in [0.15, 0.2) is 11.5 Å². The highest BCUT2D eigenvalue weighted by Crippen LogP contribution is 2.57. The lowest BCUT2D eigenvalue weighted by Gasteiger charge is -2.20. The highest BCUT2D eigenvalue weighted by molar-refractivity contribution is 6.23. The van der Waals surface area contributed by atoms with Gasteiger partial charge in [-0.05, 0) is 67.7 Å². The zero-order valence-corrected chi connectivity index (χ0v) is 22.0. The van der Waals surface area contributed by atoms with Gasteiger partial charge in [0.2, 0.25) is 17.2 Å². The maximum Gasteiger partial charge on any atom is 0.208 e. The smallest absolute Gasteiger partial charge is 0.208 e. The van der Waals surface area contributed by atoms with Crippen molar-refractivity contribution in [2.24, 2.45) is 0 Å². The zero-order chi connectivity index (χ0) is 28.7. The van der Waals surface area contributed by atoms with Gasteiger partial charge >= 0.3 is 0 Å². The Morgan fingerprint density at radius 3 is 1.43 bits per heavy atom. The third-order valence-corrected chi connectivity index (χ3v) is 8.18. The fraction of sp³-hybridized carbons (Fsp3) is 0. The summed E-state index contributed by atoms with van der Waals surface area (Å²) in [5.74, 6) is -4.30. The third-order valence-electron chi connectivity index (χ3n) is 8.18. The predicted molar refractivity (Wildman–Crippen MR) is 165 cm³/mol. The van der Waals surface area contributed by atoms with Gasteiger partial charge in [0.1, 0.15) is 11.2 Å². The first-order chi connectivity index (χ1) is 20.4. The number of fused-ring (bicyclic) bond motifs is 6. The Morgan fingerprint density at radius 2 is 0.833 bits per heavy atom. The molecule has 42 heavy (non-hydrogen) atoms. The summed E-state index contributed by atoms with van der Waals surface area (Å²) in [6.07, 6.45) is 0. The molecule has 1 heterocycles. The monoisotopic (exact) mass is 550 g/mol. The van der Waals surface area contributed by atoms with E-state index in [9.17, 15) is 25.5 Å². The molecule has 0 unspecified atom stereocenters. The van der Waals surface area contributed by atoms with Crippen LogP contribution in [0.25, 0.3) is 76.5 Å². The van der Waals surface area contributed by atoms with Crippen molar-refractivity contribution in [3.8, 4) is 51.0 Å². The first-order valence-corrected chi connectivity index (χ1v) is 13.4. The number of aromatic hydroxyl groups is 5. The van der Waals surface area contributed by atoms with Gasteiger partial charge in [0.05, 0.1) is 5.56 Å². The molecule has 1 aromatic heterocycles. The van der Waals surface area contributed by atoms with Crippen LogP contribution in [0.1, 0.15) is 0 Å². The number of rotatable bonds is 2. The minimum Gasteiger partial charge on any atom is -0.504 e. The molecule has 0 saturated heterocycles. The van der Waals surface area contributed by atoms with E-state index in [4.69, 9.17) is 4.42 Å². The predicted octanol–water partition coefficient (Wildman–Crippen LogP) is 8.91. The summed E-state index contributed by atoms with van der Waals surface area (Å²) >= 11 is 0. The molecule has 0 spiro atoms. The van der Waals surface area contributed by atoms with Crippen LogP contribution in [0.5, 0.6) is 28.7 Å². The second-order valence-corrected chi connectivity index (χ2v) is 10.5. The first-order valence-electron chi connectivity index (χ1n) is 13.4. The number of phenolic OH excluding ortho intramolecular Hbond substituents is 5. The van der Waals surface area contributed by atoms with E-state index in [2.05, 4.69) is 36.4 Å². The van der Waals surface area contributed by atoms with E-state index >= 15 is 0 Å². The molecule has 0 radical (unpaired) electrons. The van der Waals surface area contributed by atoms with E-state index in [1.54, 1.807) is 0 Å². The van der Waals surface area contributed by atoms with Crippen LogP contribution in [0.15, 0.2) is 108 Å². The third kappa shape index (κ3) is 3.20. The van der Waals surface area contributed by atoms with Crippen molar-refractivity contribution in [2.45, 2.75) is 0 Å². The number of furan rings is 1. The molecule has 8 rings (SSSR count). The van der Waals surface area contributed by atoms with Crippen molar-refractivity contribution in [2.75, 3.05) is 0 Å². The van der Waals surface area contributed by atoms with Crippen molar-refractivity contribution in [1.29, 1.82) is 0 Å². The van der Waals surface area contributed by atoms with Crippen molar-refractivity contribution in [3.63, 3.8) is 0 Å². The van der Waals surface area contributed by atoms with Crippen LogP contribution in [0.4, 0.5) is 0 Å². The topological polar surface area (TPSA) is 114 Å². The summed E-state index contributed by atoms with van der Waals surface area (Å²) in [6, 6.07) is 33.6. The largest absolute Gasteiger partial charge is 0.504 e. The Labute approximate surface area is 238 Å². The summed E-state index contributed by atoms with van der Waals surface area (Å²) in [6.45, 7) is 0. The lowest BCUT2D eigenvalue weighted by molar-refractivity contribution is 0.330. The van der Waals surface area contributed by atoms with Crippen molar-refractivity contribution in [1.82, 2.24) is 0 Å². The Balaban J connectivity index is 1.46. The van der Waals surface area contributed by atoms with Gasteiger partial charge in [-0.15, -0.1) is 0 Å². The van der Waals surface area contributed by atoms with Crippen LogP contribution in [0.3, 0.4) is 0 Å². The average molecular weight is 551 g/mol. The molecule has 0 aliphatic heterocycles. The molecule has 202 valence electrons. The van der Waals surface area contributed by atoms with Crippen LogP contribution in [-0.2, 0) is 0 Å². The molecule has 5 N–H and O–H groups in total. The maximum atomic E-state index is 10.9. The van der Waals surface area contributed by atoms with Crippen molar-refractivity contribution in [3.05, 3.63) is 103 Å². The number of hydrogen-bond donors (Lipinski definition) is 5. The molecule has 0 saturated carbocycles. The Hall–Kier alpha value is -5.88. The molecule has 0 atom stereocenters. The second kappa shape index (κ2) is 8.56. The Kier molecular flexibility index (Phi) is 4.88. The molecular formula is C36H22O6. The van der Waals surface area contributed by atoms with Gasteiger partial charge in [-0.1, -0.05) is 78.9 Å². The minimum absolute atomic E-state index is 0.179. The fourth-order valence-corrected chi connectivity index (χ4v) is 6.25. The molecule has 0 aliphatic carbocycles. The van der Waals surface area contributed by atoms with Gasteiger partial charge in [0, 0.05) is 16.3 Å². The zero-order valence-electron chi connectivity index (χ0n) is 22.0. The van der Waals surface area contributed by atoms with Crippen LogP contribution in [0.2, 0.25) is 0 Å². The molecular weight excluding hydrogens is 528 g/mol. The van der Waals surface area contributed by atoms with Crippen LogP contribution in [0, 0.1) is 0 Å². The standard InChI is InChI=1S/C36H22O6/c37-32-31(33(38)35(40)36(41)34(32)39)30-24-11-5-3-9-22(24)29(23-10-4-6-12-25(23)30)20-13-14-21-26-15-18-7-1-2-8-19(18)16-28(26)42-27(21)17-20/h1-17,37-41H. The van der Waals surface area contributed by atoms with E-state index in [0.717, 1.165) is 54.6 Å². The lowest BCUT2D eigenvalue weighted by Crippen LogP contribution is -1.92. The summed E-state index contributed by atoms with van der Waals surface area (Å²) in [4.78, 5) is 0. The molecule has 6 nitrogen and oxygen atoms in total. The first kappa shape index (κ1) is 24.0. The van der Waals surface area contributed by atoms with Gasteiger partial charge in [-0.25, -0.2) is 0 Å². The molecule has 0 bridgehead atoms. The highest BCUT2D eigenvalue weighted by atomic mass is 16.4. The average Bonchev–Trinajstić information content (AvgIpc) is 3.37. The van der Waals surface area contributed by atoms with Gasteiger partial charge in [0.25, 0.3) is 0 Å². The Bertz CT molecular complexity index is 2330. The molecule has 7 aromatic carbocycles. The highest BCUT2D eigenvalue weighted by Gasteiger charge is 2.28. The maximum absolute atomic E-state index is 10.9. The summed E-state index contributed by atoms with van der Waals surface area (Å²) in [7, 11) is 0. The van der Waals surface area contributed by atoms with Crippen molar-refractivity contribution >= 4 is 54.3 Å². The van der Waals surface area contributed by atoms with Gasteiger partial charge in [-0.3, -0.25) is 0 Å². The van der Waals surface area contributed by atoms with E-state index in [-0.39, 0.29) is 5.56 Å². The molecule has 8 aromatic rings.